The Balaban J connectivity index is 1.97. The molecule has 1 atom stereocenters. The topological polar surface area (TPSA) is 77.0 Å². The summed E-state index contributed by atoms with van der Waals surface area (Å²) >= 11 is 1.55. The summed E-state index contributed by atoms with van der Waals surface area (Å²) in [5.41, 5.74) is 5.70. The monoisotopic (exact) mass is 260 g/mol. The van der Waals surface area contributed by atoms with Crippen molar-refractivity contribution >= 4 is 33.3 Å². The molecule has 0 radical (unpaired) electrons. The van der Waals surface area contributed by atoms with Gasteiger partial charge in [0.15, 0.2) is 0 Å². The number of nitrogens with two attached hydrogens (primary N) is 1. The van der Waals surface area contributed by atoms with E-state index >= 15 is 0 Å². The first-order chi connectivity index (χ1) is 8.74. The van der Waals surface area contributed by atoms with Crippen molar-refractivity contribution in [1.29, 1.82) is 0 Å². The lowest BCUT2D eigenvalue weighted by molar-refractivity contribution is 0.490. The summed E-state index contributed by atoms with van der Waals surface area (Å²) in [4.78, 5) is 9.32. The number of nitrogens with zero attached hydrogens (tertiary/aromatic N) is 2. The summed E-state index contributed by atoms with van der Waals surface area (Å²) in [5.74, 6) is 1.87. The maximum absolute atomic E-state index is 5.70. The number of anilines is 2. The van der Waals surface area contributed by atoms with Crippen molar-refractivity contribution < 1.29 is 4.42 Å². The zero-order valence-corrected chi connectivity index (χ0v) is 10.6. The summed E-state index contributed by atoms with van der Waals surface area (Å²) in [5, 5.41) is 6.25. The van der Waals surface area contributed by atoms with Gasteiger partial charge in [-0.05, 0) is 30.5 Å². The molecule has 0 aliphatic heterocycles. The second-order valence-corrected chi connectivity index (χ2v) is 4.85. The average Bonchev–Trinajstić information content (AvgIpc) is 2.98. The van der Waals surface area contributed by atoms with Crippen molar-refractivity contribution in [2.75, 3.05) is 11.1 Å². The minimum Gasteiger partial charge on any atom is -0.467 e. The molecule has 0 aromatic carbocycles. The van der Waals surface area contributed by atoms with Crippen LogP contribution in [0.25, 0.3) is 10.2 Å². The number of furan rings is 1. The first-order valence-corrected chi connectivity index (χ1v) is 6.42. The van der Waals surface area contributed by atoms with E-state index < -0.39 is 0 Å². The van der Waals surface area contributed by atoms with Crippen LogP contribution < -0.4 is 11.1 Å². The van der Waals surface area contributed by atoms with Gasteiger partial charge in [-0.15, -0.1) is 11.3 Å². The van der Waals surface area contributed by atoms with E-state index in [0.29, 0.717) is 0 Å². The molecule has 3 aromatic heterocycles. The summed E-state index contributed by atoms with van der Waals surface area (Å²) in [6.45, 7) is 2.01. The molecule has 0 bridgehead atoms. The van der Waals surface area contributed by atoms with Crippen LogP contribution in [0, 0.1) is 0 Å². The third kappa shape index (κ3) is 1.91. The van der Waals surface area contributed by atoms with Crippen molar-refractivity contribution in [3.63, 3.8) is 0 Å². The fraction of sp³-hybridized carbons (Fsp3) is 0.167. The Kier molecular flexibility index (Phi) is 2.64. The summed E-state index contributed by atoms with van der Waals surface area (Å²) in [6.07, 6.45) is 1.65. The van der Waals surface area contributed by atoms with Crippen LogP contribution in [-0.2, 0) is 0 Å². The molecule has 0 aliphatic carbocycles. The van der Waals surface area contributed by atoms with Gasteiger partial charge in [0.2, 0.25) is 5.95 Å². The molecule has 92 valence electrons. The molecule has 3 N–H and O–H groups in total. The van der Waals surface area contributed by atoms with Crippen LogP contribution in [0.3, 0.4) is 0 Å². The zero-order chi connectivity index (χ0) is 12.5. The highest BCUT2D eigenvalue weighted by atomic mass is 32.1. The molecule has 3 aromatic rings. The molecule has 3 heterocycles. The van der Waals surface area contributed by atoms with Crippen molar-refractivity contribution in [2.45, 2.75) is 13.0 Å². The smallest absolute Gasteiger partial charge is 0.223 e. The Labute approximate surface area is 108 Å². The van der Waals surface area contributed by atoms with Gasteiger partial charge in [0.1, 0.15) is 16.4 Å². The van der Waals surface area contributed by atoms with Crippen molar-refractivity contribution in [3.05, 3.63) is 35.6 Å². The van der Waals surface area contributed by atoms with Gasteiger partial charge >= 0.3 is 0 Å². The van der Waals surface area contributed by atoms with Crippen LogP contribution in [0.5, 0.6) is 0 Å². The number of hydrogen-bond acceptors (Lipinski definition) is 6. The van der Waals surface area contributed by atoms with E-state index in [-0.39, 0.29) is 12.0 Å². The first-order valence-electron chi connectivity index (χ1n) is 5.54. The van der Waals surface area contributed by atoms with E-state index in [9.17, 15) is 0 Å². The highest BCUT2D eigenvalue weighted by Crippen LogP contribution is 2.28. The predicted molar refractivity (Wildman–Crippen MR) is 72.6 cm³/mol. The van der Waals surface area contributed by atoms with Crippen LogP contribution >= 0.6 is 11.3 Å². The molecule has 0 spiro atoms. The second-order valence-electron chi connectivity index (χ2n) is 3.95. The van der Waals surface area contributed by atoms with Crippen LogP contribution in [-0.4, -0.2) is 9.97 Å². The molecule has 6 heteroatoms. The van der Waals surface area contributed by atoms with Crippen molar-refractivity contribution in [3.8, 4) is 0 Å². The van der Waals surface area contributed by atoms with Gasteiger partial charge in [0.05, 0.1) is 17.7 Å². The lowest BCUT2D eigenvalue weighted by Gasteiger charge is -2.12. The zero-order valence-electron chi connectivity index (χ0n) is 9.75. The van der Waals surface area contributed by atoms with Gasteiger partial charge in [-0.25, -0.2) is 4.98 Å². The number of aromatic nitrogens is 2. The number of nitrogens with one attached hydrogen (secondary N) is 1. The molecule has 0 amide bonds. The second kappa shape index (κ2) is 4.30. The molecule has 0 aliphatic rings. The largest absolute Gasteiger partial charge is 0.467 e. The lowest BCUT2D eigenvalue weighted by atomic mass is 10.2. The fourth-order valence-corrected chi connectivity index (χ4v) is 2.57. The maximum atomic E-state index is 5.70. The molecule has 0 saturated carbocycles. The molecule has 0 fully saturated rings. The molecule has 18 heavy (non-hydrogen) atoms. The number of rotatable bonds is 3. The normalized spacial score (nSPS) is 12.7. The summed E-state index contributed by atoms with van der Waals surface area (Å²) < 4.78 is 5.36. The maximum Gasteiger partial charge on any atom is 0.223 e. The summed E-state index contributed by atoms with van der Waals surface area (Å²) in [6, 6.07) is 5.79. The Morgan fingerprint density at radius 2 is 2.28 bits per heavy atom. The third-order valence-electron chi connectivity index (χ3n) is 2.67. The van der Waals surface area contributed by atoms with Gasteiger partial charge < -0.3 is 15.5 Å². The highest BCUT2D eigenvalue weighted by Gasteiger charge is 2.12. The minimum absolute atomic E-state index is 0.0254. The number of thiophene rings is 1. The highest BCUT2D eigenvalue weighted by molar-refractivity contribution is 7.16. The summed E-state index contributed by atoms with van der Waals surface area (Å²) in [7, 11) is 0. The third-order valence-corrected chi connectivity index (χ3v) is 3.47. The minimum atomic E-state index is 0.0254. The molecular formula is C12H12N4OS. The molecule has 0 saturated heterocycles. The van der Waals surface area contributed by atoms with E-state index in [1.54, 1.807) is 17.6 Å². The Morgan fingerprint density at radius 1 is 1.39 bits per heavy atom. The van der Waals surface area contributed by atoms with Crippen molar-refractivity contribution in [1.82, 2.24) is 9.97 Å². The van der Waals surface area contributed by atoms with Crippen LogP contribution in [0.2, 0.25) is 0 Å². The van der Waals surface area contributed by atoms with Gasteiger partial charge in [0, 0.05) is 0 Å². The van der Waals surface area contributed by atoms with Gasteiger partial charge in [-0.2, -0.15) is 4.98 Å². The van der Waals surface area contributed by atoms with E-state index in [0.717, 1.165) is 21.8 Å². The Bertz CT molecular complexity index is 662. The fourth-order valence-electron chi connectivity index (χ4n) is 1.80. The van der Waals surface area contributed by atoms with E-state index in [1.165, 1.54) is 0 Å². The number of fused-ring (bicyclic) bond motifs is 1. The standard InChI is InChI=1S/C12H12N4OS/c1-7(9-3-2-5-17-9)14-10-8-4-6-18-11(8)16-12(13)15-10/h2-7H,1H3,(H3,13,14,15,16). The Hall–Kier alpha value is -2.08. The van der Waals surface area contributed by atoms with Gasteiger partial charge in [0.25, 0.3) is 0 Å². The Morgan fingerprint density at radius 3 is 3.06 bits per heavy atom. The lowest BCUT2D eigenvalue weighted by Crippen LogP contribution is -2.08. The van der Waals surface area contributed by atoms with Crippen molar-refractivity contribution in [2.24, 2.45) is 0 Å². The number of hydrogen-bond donors (Lipinski definition) is 2. The van der Waals surface area contributed by atoms with E-state index in [4.69, 9.17) is 10.2 Å². The first kappa shape index (κ1) is 11.0. The molecule has 3 rings (SSSR count). The van der Waals surface area contributed by atoms with Gasteiger partial charge in [-0.3, -0.25) is 0 Å². The predicted octanol–water partition coefficient (Wildman–Crippen LogP) is 3.04. The van der Waals surface area contributed by atoms with E-state index in [1.807, 2.05) is 30.5 Å². The quantitative estimate of drug-likeness (QED) is 0.757. The SMILES string of the molecule is CC(Nc1nc(N)nc2sccc12)c1ccco1. The van der Waals surface area contributed by atoms with Gasteiger partial charge in [-0.1, -0.05) is 0 Å². The van der Waals surface area contributed by atoms with Crippen LogP contribution in [0.15, 0.2) is 34.3 Å². The van der Waals surface area contributed by atoms with Crippen LogP contribution in [0.1, 0.15) is 18.7 Å². The molecule has 5 nitrogen and oxygen atoms in total. The van der Waals surface area contributed by atoms with E-state index in [2.05, 4.69) is 15.3 Å². The van der Waals surface area contributed by atoms with Crippen LogP contribution in [0.4, 0.5) is 11.8 Å². The molecular weight excluding hydrogens is 248 g/mol. The molecule has 1 unspecified atom stereocenters. The average molecular weight is 260 g/mol. The number of nitrogen functional groups attached to an aromatic ring is 1.